The molecule has 0 aliphatic carbocycles. The van der Waals surface area contributed by atoms with E-state index in [1.807, 2.05) is 6.92 Å². The van der Waals surface area contributed by atoms with Crippen molar-refractivity contribution in [3.05, 3.63) is 47.0 Å². The van der Waals surface area contributed by atoms with E-state index < -0.39 is 5.97 Å². The first-order chi connectivity index (χ1) is 8.58. The number of hydrogen-bond donors (Lipinski definition) is 2. The minimum absolute atomic E-state index is 0.0674. The maximum Gasteiger partial charge on any atom is 0.339 e. The van der Waals surface area contributed by atoms with Crippen LogP contribution in [0.2, 0.25) is 5.15 Å². The number of carbonyl (C=O) groups is 1. The smallest absolute Gasteiger partial charge is 0.339 e. The van der Waals surface area contributed by atoms with Crippen LogP contribution in [0.15, 0.2) is 34.9 Å². The molecular formula is C12H11ClN2O3. The van der Waals surface area contributed by atoms with Gasteiger partial charge in [-0.15, -0.1) is 0 Å². The van der Waals surface area contributed by atoms with Crippen LogP contribution >= 0.6 is 11.6 Å². The van der Waals surface area contributed by atoms with Gasteiger partial charge in [0.15, 0.2) is 0 Å². The number of hydrogen-bond acceptors (Lipinski definition) is 4. The van der Waals surface area contributed by atoms with Crippen molar-refractivity contribution in [1.82, 2.24) is 4.98 Å². The molecule has 0 radical (unpaired) electrons. The number of pyridine rings is 1. The average Bonchev–Trinajstić information content (AvgIpc) is 2.81. The fraction of sp³-hybridized carbons (Fsp3) is 0.167. The largest absolute Gasteiger partial charge is 0.478 e. The van der Waals surface area contributed by atoms with Gasteiger partial charge in [-0.3, -0.25) is 0 Å². The summed E-state index contributed by atoms with van der Waals surface area (Å²) in [4.78, 5) is 15.0. The SMILES string of the molecule is CC(Nc1nc(Cl)ccc1C(=O)O)c1ccco1. The Bertz CT molecular complexity index is 554. The van der Waals surface area contributed by atoms with E-state index in [1.165, 1.54) is 12.1 Å². The minimum Gasteiger partial charge on any atom is -0.478 e. The summed E-state index contributed by atoms with van der Waals surface area (Å²) in [6.07, 6.45) is 1.55. The van der Waals surface area contributed by atoms with E-state index in [9.17, 15) is 4.79 Å². The monoisotopic (exact) mass is 266 g/mol. The molecule has 1 unspecified atom stereocenters. The summed E-state index contributed by atoms with van der Waals surface area (Å²) in [6.45, 7) is 1.84. The summed E-state index contributed by atoms with van der Waals surface area (Å²) in [5, 5.41) is 12.2. The lowest BCUT2D eigenvalue weighted by Crippen LogP contribution is -2.11. The first-order valence-corrected chi connectivity index (χ1v) is 5.65. The molecule has 0 saturated heterocycles. The van der Waals surface area contributed by atoms with Gasteiger partial charge in [-0.05, 0) is 31.2 Å². The fourth-order valence-electron chi connectivity index (χ4n) is 1.53. The van der Waals surface area contributed by atoms with E-state index in [2.05, 4.69) is 10.3 Å². The second-order valence-corrected chi connectivity index (χ2v) is 4.10. The van der Waals surface area contributed by atoms with Crippen molar-refractivity contribution < 1.29 is 14.3 Å². The molecule has 1 atom stereocenters. The van der Waals surface area contributed by atoms with Gasteiger partial charge in [-0.2, -0.15) is 0 Å². The number of nitrogens with one attached hydrogen (secondary N) is 1. The Balaban J connectivity index is 2.28. The maximum atomic E-state index is 11.1. The predicted molar refractivity (Wildman–Crippen MR) is 67.0 cm³/mol. The van der Waals surface area contributed by atoms with E-state index in [4.69, 9.17) is 21.1 Å². The first kappa shape index (κ1) is 12.4. The maximum absolute atomic E-state index is 11.1. The molecule has 0 aromatic carbocycles. The predicted octanol–water partition coefficient (Wildman–Crippen LogP) is 3.20. The second-order valence-electron chi connectivity index (χ2n) is 3.72. The van der Waals surface area contributed by atoms with Gasteiger partial charge in [0, 0.05) is 0 Å². The summed E-state index contributed by atoms with van der Waals surface area (Å²) >= 11 is 5.76. The van der Waals surface area contributed by atoms with Gasteiger partial charge in [0.1, 0.15) is 22.3 Å². The molecule has 18 heavy (non-hydrogen) atoms. The molecule has 2 N–H and O–H groups in total. The van der Waals surface area contributed by atoms with E-state index in [1.54, 1.807) is 18.4 Å². The molecule has 0 spiro atoms. The quantitative estimate of drug-likeness (QED) is 0.831. The van der Waals surface area contributed by atoms with Gasteiger partial charge in [-0.1, -0.05) is 11.6 Å². The first-order valence-electron chi connectivity index (χ1n) is 5.27. The molecule has 6 heteroatoms. The average molecular weight is 267 g/mol. The van der Waals surface area contributed by atoms with Gasteiger partial charge in [0.2, 0.25) is 0 Å². The number of furan rings is 1. The highest BCUT2D eigenvalue weighted by Crippen LogP contribution is 2.22. The van der Waals surface area contributed by atoms with Crippen molar-refractivity contribution in [2.45, 2.75) is 13.0 Å². The summed E-state index contributed by atoms with van der Waals surface area (Å²) in [6, 6.07) is 6.20. The van der Waals surface area contributed by atoms with Crippen molar-refractivity contribution in [3.8, 4) is 0 Å². The zero-order chi connectivity index (χ0) is 13.1. The standard InChI is InChI=1S/C12H11ClN2O3/c1-7(9-3-2-6-18-9)14-11-8(12(16)17)4-5-10(13)15-11/h2-7H,1H3,(H,14,15)(H,16,17). The van der Waals surface area contributed by atoms with Gasteiger partial charge in [0.25, 0.3) is 0 Å². The molecule has 2 rings (SSSR count). The van der Waals surface area contributed by atoms with E-state index in [0.717, 1.165) is 0 Å². The van der Waals surface area contributed by atoms with Gasteiger partial charge >= 0.3 is 5.97 Å². The molecule has 2 aromatic rings. The van der Waals surface area contributed by atoms with Crippen LogP contribution in [0.1, 0.15) is 29.1 Å². The molecule has 0 bridgehead atoms. The third-order valence-corrected chi connectivity index (χ3v) is 2.63. The highest BCUT2D eigenvalue weighted by atomic mass is 35.5. The molecule has 0 amide bonds. The normalized spacial score (nSPS) is 12.1. The Morgan fingerprint density at radius 2 is 2.28 bits per heavy atom. The Morgan fingerprint density at radius 3 is 2.89 bits per heavy atom. The summed E-state index contributed by atoms with van der Waals surface area (Å²) in [7, 11) is 0. The summed E-state index contributed by atoms with van der Waals surface area (Å²) in [5.41, 5.74) is 0.0674. The Kier molecular flexibility index (Phi) is 3.53. The number of aromatic nitrogens is 1. The second kappa shape index (κ2) is 5.10. The number of carboxylic acid groups (broad SMARTS) is 1. The molecule has 0 fully saturated rings. The van der Waals surface area contributed by atoms with E-state index in [0.29, 0.717) is 5.76 Å². The molecular weight excluding hydrogens is 256 g/mol. The zero-order valence-electron chi connectivity index (χ0n) is 9.55. The molecule has 94 valence electrons. The van der Waals surface area contributed by atoms with Crippen LogP contribution in [0.3, 0.4) is 0 Å². The van der Waals surface area contributed by atoms with Crippen LogP contribution in [0.25, 0.3) is 0 Å². The van der Waals surface area contributed by atoms with Crippen LogP contribution in [-0.4, -0.2) is 16.1 Å². The third-order valence-electron chi connectivity index (χ3n) is 2.41. The summed E-state index contributed by atoms with van der Waals surface area (Å²) in [5.74, 6) is -0.152. The Hall–Kier alpha value is -2.01. The molecule has 0 aliphatic heterocycles. The lowest BCUT2D eigenvalue weighted by Gasteiger charge is -2.14. The fourth-order valence-corrected chi connectivity index (χ4v) is 1.68. The molecule has 2 aromatic heterocycles. The van der Waals surface area contributed by atoms with Crippen molar-refractivity contribution in [1.29, 1.82) is 0 Å². The number of aromatic carboxylic acids is 1. The van der Waals surface area contributed by atoms with Crippen LogP contribution in [0.5, 0.6) is 0 Å². The molecule has 2 heterocycles. The van der Waals surface area contributed by atoms with Crippen LogP contribution in [0.4, 0.5) is 5.82 Å². The molecule has 0 saturated carbocycles. The van der Waals surface area contributed by atoms with Crippen LogP contribution in [-0.2, 0) is 0 Å². The molecule has 0 aliphatic rings. The van der Waals surface area contributed by atoms with Crippen molar-refractivity contribution in [3.63, 3.8) is 0 Å². The van der Waals surface area contributed by atoms with Crippen molar-refractivity contribution >= 4 is 23.4 Å². The minimum atomic E-state index is -1.06. The van der Waals surface area contributed by atoms with Crippen LogP contribution in [0, 0.1) is 0 Å². The highest BCUT2D eigenvalue weighted by molar-refractivity contribution is 6.29. The van der Waals surface area contributed by atoms with Crippen molar-refractivity contribution in [2.24, 2.45) is 0 Å². The highest BCUT2D eigenvalue weighted by Gasteiger charge is 2.16. The number of anilines is 1. The molecule has 5 nitrogen and oxygen atoms in total. The van der Waals surface area contributed by atoms with Gasteiger partial charge in [0.05, 0.1) is 12.3 Å². The van der Waals surface area contributed by atoms with E-state index >= 15 is 0 Å². The topological polar surface area (TPSA) is 75.4 Å². The Morgan fingerprint density at radius 1 is 1.50 bits per heavy atom. The zero-order valence-corrected chi connectivity index (χ0v) is 10.3. The van der Waals surface area contributed by atoms with Crippen molar-refractivity contribution in [2.75, 3.05) is 5.32 Å². The van der Waals surface area contributed by atoms with E-state index in [-0.39, 0.29) is 22.6 Å². The summed E-state index contributed by atoms with van der Waals surface area (Å²) < 4.78 is 5.23. The van der Waals surface area contributed by atoms with Crippen LogP contribution < -0.4 is 5.32 Å². The van der Waals surface area contributed by atoms with Gasteiger partial charge in [-0.25, -0.2) is 9.78 Å². The lowest BCUT2D eigenvalue weighted by atomic mass is 10.2. The number of halogens is 1. The third kappa shape index (κ3) is 2.62. The number of nitrogens with zero attached hydrogens (tertiary/aromatic N) is 1. The number of carboxylic acids is 1. The van der Waals surface area contributed by atoms with Gasteiger partial charge < -0.3 is 14.8 Å². The Labute approximate surface area is 108 Å². The lowest BCUT2D eigenvalue weighted by molar-refractivity contribution is 0.0697. The number of rotatable bonds is 4.